The van der Waals surface area contributed by atoms with E-state index in [0.29, 0.717) is 4.68 Å². The first-order valence-electron chi connectivity index (χ1n) is 38.4. The van der Waals surface area contributed by atoms with Crippen LogP contribution in [0.1, 0.15) is 154 Å². The third kappa shape index (κ3) is 20.8. The lowest BCUT2D eigenvalue weighted by atomic mass is 9.91. The summed E-state index contributed by atoms with van der Waals surface area (Å²) < 4.78 is 233. The van der Waals surface area contributed by atoms with Crippen LogP contribution in [0.15, 0.2) is 154 Å². The Kier molecular flexibility index (Phi) is 29.0. The van der Waals surface area contributed by atoms with E-state index in [2.05, 4.69) is 71.0 Å². The smallest absolute Gasteiger partial charge is 0.387 e. The van der Waals surface area contributed by atoms with Crippen LogP contribution in [0.25, 0.3) is 0 Å². The number of carbonyl (C=O) groups is 4. The molecule has 4 aromatic heterocycles. The molecule has 49 heteroatoms. The second-order valence-corrected chi connectivity index (χ2v) is 43.2. The summed E-state index contributed by atoms with van der Waals surface area (Å²) in [4.78, 5) is 82.7. The number of anilines is 4. The molecule has 12 rings (SSSR count). The van der Waals surface area contributed by atoms with E-state index in [0.717, 1.165) is 72.2 Å². The van der Waals surface area contributed by atoms with Crippen LogP contribution in [0, 0.1) is 29.1 Å². The van der Waals surface area contributed by atoms with Gasteiger partial charge in [0.05, 0.1) is 31.9 Å². The molecule has 4 atom stereocenters. The average molecular weight is 1890 g/mol. The van der Waals surface area contributed by atoms with E-state index in [1.807, 2.05) is 0 Å². The number of benzene rings is 4. The summed E-state index contributed by atoms with van der Waals surface area (Å²) >= 11 is 0. The standard InChI is InChI=1S/C21H24F3N5O4S.C20H23F2N5O3S.C20H25FN6O4S.C19H23F3N6O3S/c1-20(2)18(25)28-21(3,11-29(4)34(20,31)32)14-9-12(5-7-15(14)22)27-17(30)16-8-6-13(10-26-16)33-19(23)24;1-19(2)18(23)26-20(3,11-27(4)31(19,29)30)14-9-13(6-7-15(14)22)25-17(28)16-8-5-12(21)10-24-16;1-19(2)18(22)26-20(3,11-27(4)32(19,29)30)13-8-12(6-7-14(13)21)25-17(28)15-9-24-16(31-5)10-23-15;1-18(2)16(23)25-19(3,10-27(4)32(18,30)31)12-9-11(5-6-13(12)20)24-15(29)14-7-8-28(26-14)17(21)22/h5-10,19H,11H2,1-4H3,(H2,25,28)(H,27,30);5-10H,11H2,1-4H3,(H2,23,26)(H,25,28);6-10H,11H2,1-5H3,(H2,22,26)(H,25,28);5-9,17H,10H2,1-4H3,(H2,23,25)(H,24,29)/t21-;2*20-;19-/m0000/s1. The van der Waals surface area contributed by atoms with Crippen molar-refractivity contribution in [2.45, 2.75) is 137 Å². The van der Waals surface area contributed by atoms with Crippen LogP contribution in [0.4, 0.5) is 62.3 Å². The van der Waals surface area contributed by atoms with E-state index in [1.54, 1.807) is 20.8 Å². The Morgan fingerprint density at radius 3 is 0.938 bits per heavy atom. The number of carbonyl (C=O) groups excluding carboxylic acids is 4. The van der Waals surface area contributed by atoms with Crippen molar-refractivity contribution >= 4 is 110 Å². The largest absolute Gasteiger partial charge is 0.480 e. The second-order valence-electron chi connectivity index (χ2n) is 32.8. The number of hydrogen-bond donors (Lipinski definition) is 8. The molecule has 0 aliphatic carbocycles. The molecule has 4 aromatic carbocycles. The fourth-order valence-corrected chi connectivity index (χ4v) is 19.7. The maximum Gasteiger partial charge on any atom is 0.387 e. The molecule has 0 unspecified atom stereocenters. The highest BCUT2D eigenvalue weighted by Crippen LogP contribution is 2.43. The van der Waals surface area contributed by atoms with Gasteiger partial charge in [-0.05, 0) is 186 Å². The van der Waals surface area contributed by atoms with Gasteiger partial charge in [0.15, 0.2) is 5.69 Å². The van der Waals surface area contributed by atoms with Crippen molar-refractivity contribution in [2.24, 2.45) is 42.9 Å². The summed E-state index contributed by atoms with van der Waals surface area (Å²) in [7, 11) is -8.49. The molecule has 0 spiro atoms. The molecule has 0 saturated heterocycles. The van der Waals surface area contributed by atoms with Gasteiger partial charge < -0.3 is 53.7 Å². The summed E-state index contributed by atoms with van der Waals surface area (Å²) in [5.41, 5.74) is 19.3. The number of aromatic nitrogens is 6. The number of sulfonamides is 4. The van der Waals surface area contributed by atoms with Gasteiger partial charge in [-0.2, -0.15) is 22.7 Å². The van der Waals surface area contributed by atoms with Gasteiger partial charge in [0, 0.05) is 106 Å². The first-order valence-corrected chi connectivity index (χ1v) is 44.2. The Labute approximate surface area is 737 Å². The number of amidine groups is 4. The number of pyridine rings is 2. The van der Waals surface area contributed by atoms with Crippen LogP contribution in [0.2, 0.25) is 0 Å². The quantitative estimate of drug-likeness (QED) is 0.0419. The van der Waals surface area contributed by atoms with E-state index >= 15 is 0 Å². The molecular formula is C80H95F9N22O14S4. The van der Waals surface area contributed by atoms with Crippen LogP contribution >= 0.6 is 0 Å². The monoisotopic (exact) mass is 1890 g/mol. The van der Waals surface area contributed by atoms with Gasteiger partial charge in [-0.15, -0.1) is 0 Å². The number of nitrogens with one attached hydrogen (secondary N) is 4. The van der Waals surface area contributed by atoms with Crippen molar-refractivity contribution in [1.29, 1.82) is 0 Å². The van der Waals surface area contributed by atoms with Gasteiger partial charge in [-0.1, -0.05) is 0 Å². The summed E-state index contributed by atoms with van der Waals surface area (Å²) in [6.07, 6.45) is 5.38. The zero-order valence-corrected chi connectivity index (χ0v) is 75.8. The normalized spacial score (nSPS) is 22.6. The molecule has 0 radical (unpaired) electrons. The maximum atomic E-state index is 14.9. The summed E-state index contributed by atoms with van der Waals surface area (Å²) in [5.74, 6) is -6.44. The number of halogens is 9. The molecule has 4 amide bonds. The number of ether oxygens (including phenoxy) is 2. The Balaban J connectivity index is 0.000000194. The Hall–Kier alpha value is -12.2. The van der Waals surface area contributed by atoms with Crippen molar-refractivity contribution in [3.8, 4) is 11.6 Å². The fraction of sp³-hybridized carbons (Fsp3) is 0.388. The lowest BCUT2D eigenvalue weighted by Crippen LogP contribution is -2.50. The van der Waals surface area contributed by atoms with Crippen molar-refractivity contribution in [2.75, 3.05) is 82.7 Å². The zero-order chi connectivity index (χ0) is 96.6. The van der Waals surface area contributed by atoms with E-state index in [1.165, 1.54) is 177 Å². The van der Waals surface area contributed by atoms with E-state index in [-0.39, 0.29) is 129 Å². The predicted octanol–water partition coefficient (Wildman–Crippen LogP) is 8.74. The van der Waals surface area contributed by atoms with Gasteiger partial charge in [0.2, 0.25) is 46.0 Å². The van der Waals surface area contributed by atoms with E-state index in [9.17, 15) is 92.4 Å². The topological polar surface area (TPSA) is 507 Å². The molecule has 0 bridgehead atoms. The zero-order valence-electron chi connectivity index (χ0n) is 72.5. The van der Waals surface area contributed by atoms with Gasteiger partial charge in [0.25, 0.3) is 23.6 Å². The number of methoxy groups -OCH3 is 1. The molecule has 129 heavy (non-hydrogen) atoms. The van der Waals surface area contributed by atoms with Crippen molar-refractivity contribution in [3.05, 3.63) is 208 Å². The third-order valence-electron chi connectivity index (χ3n) is 21.8. The molecule has 8 heterocycles. The lowest BCUT2D eigenvalue weighted by molar-refractivity contribution is -0.0501. The molecular weight excluding hydrogens is 1790 g/mol. The Morgan fingerprint density at radius 1 is 0.388 bits per heavy atom. The number of hydrogen-bond acceptors (Lipinski definition) is 27. The molecule has 696 valence electrons. The number of alkyl halides is 4. The minimum atomic E-state index is -3.87. The van der Waals surface area contributed by atoms with Crippen molar-refractivity contribution in [3.63, 3.8) is 0 Å². The maximum absolute atomic E-state index is 14.9. The number of aliphatic imine (C=N–C) groups is 4. The van der Waals surface area contributed by atoms with Crippen LogP contribution < -0.4 is 53.7 Å². The molecule has 4 aliphatic rings. The summed E-state index contributed by atoms with van der Waals surface area (Å²) in [6.45, 7) is 11.0. The third-order valence-corrected chi connectivity index (χ3v) is 31.6. The highest BCUT2D eigenvalue weighted by atomic mass is 32.2. The fourth-order valence-electron chi connectivity index (χ4n) is 13.6. The second kappa shape index (κ2) is 37.1. The van der Waals surface area contributed by atoms with Crippen LogP contribution in [-0.2, 0) is 62.2 Å². The van der Waals surface area contributed by atoms with Gasteiger partial charge in [-0.25, -0.2) is 97.5 Å². The number of likely N-dealkylation sites (N-methyl/N-ethyl adjacent to an activating group) is 4. The van der Waals surface area contributed by atoms with E-state index < -0.39 is 147 Å². The highest BCUT2D eigenvalue weighted by Gasteiger charge is 2.53. The molecule has 12 N–H and O–H groups in total. The molecule has 0 saturated carbocycles. The predicted molar refractivity (Wildman–Crippen MR) is 463 cm³/mol. The number of amides is 4. The number of nitrogens with two attached hydrogens (primary N) is 4. The average Bonchev–Trinajstić information content (AvgIpc) is 1.61. The molecule has 8 aromatic rings. The lowest BCUT2D eigenvalue weighted by Gasteiger charge is -2.29. The molecule has 0 fully saturated rings. The van der Waals surface area contributed by atoms with Crippen LogP contribution in [0.5, 0.6) is 11.6 Å². The minimum absolute atomic E-state index is 0.00360. The van der Waals surface area contributed by atoms with Gasteiger partial charge >= 0.3 is 13.2 Å². The SMILES string of the molecule is CN1C[C@@](C)(c2cc(NC(=O)c3ccc(F)cn3)ccc2F)N=C(N)C(C)(C)S1(=O)=O.CN1C[C@@](C)(c2cc(NC(=O)c3ccc(OC(F)F)cn3)ccc2F)N=C(N)C(C)(C)S1(=O)=O.CN1C[C@@](C)(c2cc(NC(=O)c3ccn(C(F)F)n3)ccc2F)N=C(N)C(C)(C)S1(=O)=O.COc1cnc(C(=O)Nc2ccc(F)c([C@]3(C)CN(C)S(=O)(=O)C(C)(C)C(N)=N3)c2)cn1. The first kappa shape index (κ1) is 101. The minimum Gasteiger partial charge on any atom is -0.480 e. The first-order chi connectivity index (χ1) is 59.4. The number of nitrogens with zero attached hydrogens (tertiary/aromatic N) is 14. The number of rotatable bonds is 16. The van der Waals surface area contributed by atoms with Gasteiger partial charge in [0.1, 0.15) is 116 Å². The summed E-state index contributed by atoms with van der Waals surface area (Å²) in [6, 6.07) is 21.0. The van der Waals surface area contributed by atoms with Crippen LogP contribution in [0.3, 0.4) is 0 Å². The van der Waals surface area contributed by atoms with Crippen LogP contribution in [-0.4, -0.2) is 215 Å². The van der Waals surface area contributed by atoms with Gasteiger partial charge in [-0.3, -0.25) is 39.1 Å². The summed E-state index contributed by atoms with van der Waals surface area (Å²) in [5, 5.41) is 13.7. The van der Waals surface area contributed by atoms with Crippen molar-refractivity contribution < 1.29 is 102 Å². The Bertz CT molecular complexity index is 6280. The Morgan fingerprint density at radius 2 is 0.682 bits per heavy atom. The molecule has 36 nitrogen and oxygen atoms in total. The van der Waals surface area contributed by atoms with Crippen molar-refractivity contribution in [1.82, 2.24) is 46.9 Å². The van der Waals surface area contributed by atoms with E-state index in [4.69, 9.17) is 27.7 Å². The molecule has 4 aliphatic heterocycles. The highest BCUT2D eigenvalue weighted by molar-refractivity contribution is 7.92.